The van der Waals surface area contributed by atoms with Crippen molar-refractivity contribution in [2.24, 2.45) is 0 Å². The summed E-state index contributed by atoms with van der Waals surface area (Å²) in [5.74, 6) is 0. The summed E-state index contributed by atoms with van der Waals surface area (Å²) in [7, 11) is 0. The fourth-order valence-corrected chi connectivity index (χ4v) is 3.57. The molecule has 0 bridgehead atoms. The molecule has 1 heterocycles. The molecule has 1 saturated heterocycles. The Morgan fingerprint density at radius 1 is 0.700 bits per heavy atom. The van der Waals surface area contributed by atoms with Crippen LogP contribution in [0.4, 0.5) is 0 Å². The summed E-state index contributed by atoms with van der Waals surface area (Å²) >= 11 is 0. The Labute approximate surface area is 122 Å². The van der Waals surface area contributed by atoms with E-state index in [2.05, 4.69) is 79.8 Å². The number of benzene rings is 2. The summed E-state index contributed by atoms with van der Waals surface area (Å²) in [6, 6.07) is 21.7. The van der Waals surface area contributed by atoms with Crippen molar-refractivity contribution < 1.29 is 0 Å². The van der Waals surface area contributed by atoms with Crippen LogP contribution in [-0.4, -0.2) is 0 Å². The molecular formula is C19H23N. The summed E-state index contributed by atoms with van der Waals surface area (Å²) in [5.41, 5.74) is 2.90. The molecule has 0 aromatic heterocycles. The van der Waals surface area contributed by atoms with Crippen LogP contribution in [0, 0.1) is 0 Å². The second kappa shape index (κ2) is 5.06. The smallest absolute Gasteiger partial charge is 0.0413 e. The second-order valence-electron chi connectivity index (χ2n) is 6.37. The van der Waals surface area contributed by atoms with Gasteiger partial charge in [-0.25, -0.2) is 0 Å². The Morgan fingerprint density at radius 2 is 1.10 bits per heavy atom. The molecule has 1 aliphatic rings. The highest BCUT2D eigenvalue weighted by Gasteiger charge is 2.40. The van der Waals surface area contributed by atoms with Gasteiger partial charge in [0.1, 0.15) is 0 Å². The highest BCUT2D eigenvalue weighted by molar-refractivity contribution is 5.30. The summed E-state index contributed by atoms with van der Waals surface area (Å²) in [5, 5.41) is 3.94. The average Bonchev–Trinajstić information content (AvgIpc) is 2.49. The number of piperidine rings is 1. The minimum atomic E-state index is 0.0596. The molecule has 2 aromatic rings. The zero-order valence-electron chi connectivity index (χ0n) is 12.4. The molecule has 1 aliphatic heterocycles. The van der Waals surface area contributed by atoms with Crippen LogP contribution in [0.3, 0.4) is 0 Å². The molecule has 0 amide bonds. The van der Waals surface area contributed by atoms with Crippen LogP contribution in [0.25, 0.3) is 0 Å². The average molecular weight is 265 g/mol. The van der Waals surface area contributed by atoms with Gasteiger partial charge in [0.05, 0.1) is 0 Å². The topological polar surface area (TPSA) is 12.0 Å². The van der Waals surface area contributed by atoms with Crippen molar-refractivity contribution in [1.29, 1.82) is 0 Å². The van der Waals surface area contributed by atoms with E-state index in [0.717, 1.165) is 0 Å². The number of hydrogen-bond donors (Lipinski definition) is 1. The predicted molar refractivity (Wildman–Crippen MR) is 84.6 cm³/mol. The van der Waals surface area contributed by atoms with Gasteiger partial charge in [0, 0.05) is 11.1 Å². The zero-order chi connectivity index (χ0) is 14.1. The summed E-state index contributed by atoms with van der Waals surface area (Å²) in [6.07, 6.45) is 3.64. The molecule has 0 saturated carbocycles. The van der Waals surface area contributed by atoms with E-state index in [-0.39, 0.29) is 11.1 Å². The summed E-state index contributed by atoms with van der Waals surface area (Å²) < 4.78 is 0. The van der Waals surface area contributed by atoms with Crippen LogP contribution < -0.4 is 5.32 Å². The van der Waals surface area contributed by atoms with Gasteiger partial charge < -0.3 is 0 Å². The first-order valence-electron chi connectivity index (χ1n) is 7.53. The van der Waals surface area contributed by atoms with Crippen molar-refractivity contribution >= 4 is 0 Å². The molecule has 2 aromatic carbocycles. The molecule has 0 spiro atoms. The molecule has 3 rings (SSSR count). The molecular weight excluding hydrogens is 242 g/mol. The van der Waals surface area contributed by atoms with Gasteiger partial charge in [0.15, 0.2) is 0 Å². The van der Waals surface area contributed by atoms with E-state index in [1.165, 1.54) is 30.4 Å². The van der Waals surface area contributed by atoms with Gasteiger partial charge in [0.25, 0.3) is 0 Å². The van der Waals surface area contributed by atoms with Gasteiger partial charge in [-0.3, -0.25) is 5.32 Å². The monoisotopic (exact) mass is 265 g/mol. The highest BCUT2D eigenvalue weighted by atomic mass is 15.1. The second-order valence-corrected chi connectivity index (χ2v) is 6.37. The number of nitrogens with one attached hydrogen (secondary N) is 1. The lowest BCUT2D eigenvalue weighted by Gasteiger charge is -2.47. The molecule has 2 atom stereocenters. The van der Waals surface area contributed by atoms with Crippen LogP contribution in [0.1, 0.15) is 44.2 Å². The first kappa shape index (κ1) is 13.4. The maximum atomic E-state index is 3.94. The standard InChI is InChI=1S/C19H23N/c1-18(16-10-5-3-6-11-16)14-9-15-19(2,20-18)17-12-7-4-8-13-17/h3-8,10-13,20H,9,14-15H2,1-2H3/t18-,19-/m0/s1. The Hall–Kier alpha value is -1.60. The van der Waals surface area contributed by atoms with Gasteiger partial charge in [-0.05, 0) is 44.2 Å². The van der Waals surface area contributed by atoms with E-state index in [4.69, 9.17) is 0 Å². The first-order valence-corrected chi connectivity index (χ1v) is 7.53. The van der Waals surface area contributed by atoms with Crippen molar-refractivity contribution in [3.05, 3.63) is 71.8 Å². The molecule has 104 valence electrons. The SMILES string of the molecule is C[C@@]1(c2ccccc2)CCC[C@@](C)(c2ccccc2)N1. The van der Waals surface area contributed by atoms with Crippen LogP contribution in [0.2, 0.25) is 0 Å². The third-order valence-corrected chi connectivity index (χ3v) is 4.73. The predicted octanol–water partition coefficient (Wildman–Crippen LogP) is 4.59. The van der Waals surface area contributed by atoms with Crippen molar-refractivity contribution in [2.45, 2.75) is 44.2 Å². The van der Waals surface area contributed by atoms with Crippen molar-refractivity contribution in [2.75, 3.05) is 0 Å². The van der Waals surface area contributed by atoms with E-state index in [0.29, 0.717) is 0 Å². The Balaban J connectivity index is 1.94. The van der Waals surface area contributed by atoms with E-state index in [1.807, 2.05) is 0 Å². The van der Waals surface area contributed by atoms with E-state index < -0.39 is 0 Å². The normalized spacial score (nSPS) is 30.1. The van der Waals surface area contributed by atoms with E-state index in [9.17, 15) is 0 Å². The van der Waals surface area contributed by atoms with Crippen molar-refractivity contribution in [3.8, 4) is 0 Å². The molecule has 1 heteroatoms. The Morgan fingerprint density at radius 3 is 1.50 bits per heavy atom. The Kier molecular flexibility index (Phi) is 3.39. The molecule has 20 heavy (non-hydrogen) atoms. The third-order valence-electron chi connectivity index (χ3n) is 4.73. The fourth-order valence-electron chi connectivity index (χ4n) is 3.57. The van der Waals surface area contributed by atoms with Crippen molar-refractivity contribution in [3.63, 3.8) is 0 Å². The maximum Gasteiger partial charge on any atom is 0.0413 e. The summed E-state index contributed by atoms with van der Waals surface area (Å²) in [6.45, 7) is 4.67. The van der Waals surface area contributed by atoms with Gasteiger partial charge >= 0.3 is 0 Å². The lowest BCUT2D eigenvalue weighted by atomic mass is 9.74. The zero-order valence-corrected chi connectivity index (χ0v) is 12.4. The van der Waals surface area contributed by atoms with Crippen LogP contribution >= 0.6 is 0 Å². The van der Waals surface area contributed by atoms with Crippen LogP contribution in [0.15, 0.2) is 60.7 Å². The van der Waals surface area contributed by atoms with Crippen LogP contribution in [0.5, 0.6) is 0 Å². The fraction of sp³-hybridized carbons (Fsp3) is 0.368. The molecule has 1 N–H and O–H groups in total. The summed E-state index contributed by atoms with van der Waals surface area (Å²) in [4.78, 5) is 0. The number of rotatable bonds is 2. The van der Waals surface area contributed by atoms with E-state index >= 15 is 0 Å². The molecule has 1 fully saturated rings. The lowest BCUT2D eigenvalue weighted by molar-refractivity contribution is 0.153. The molecule has 0 radical (unpaired) electrons. The molecule has 0 unspecified atom stereocenters. The van der Waals surface area contributed by atoms with Crippen LogP contribution in [-0.2, 0) is 11.1 Å². The molecule has 1 nitrogen and oxygen atoms in total. The largest absolute Gasteiger partial charge is 0.298 e. The van der Waals surface area contributed by atoms with E-state index in [1.54, 1.807) is 0 Å². The van der Waals surface area contributed by atoms with Gasteiger partial charge in [-0.1, -0.05) is 60.7 Å². The quantitative estimate of drug-likeness (QED) is 0.837. The van der Waals surface area contributed by atoms with Gasteiger partial charge in [-0.2, -0.15) is 0 Å². The van der Waals surface area contributed by atoms with Gasteiger partial charge in [-0.15, -0.1) is 0 Å². The van der Waals surface area contributed by atoms with Gasteiger partial charge in [0.2, 0.25) is 0 Å². The molecule has 0 aliphatic carbocycles. The lowest BCUT2D eigenvalue weighted by Crippen LogP contribution is -2.54. The highest BCUT2D eigenvalue weighted by Crippen LogP contribution is 2.40. The Bertz CT molecular complexity index is 511. The minimum absolute atomic E-state index is 0.0596. The minimum Gasteiger partial charge on any atom is -0.298 e. The number of hydrogen-bond acceptors (Lipinski definition) is 1. The first-order chi connectivity index (χ1) is 9.62. The maximum absolute atomic E-state index is 3.94. The van der Waals surface area contributed by atoms with Crippen molar-refractivity contribution in [1.82, 2.24) is 5.32 Å². The third kappa shape index (κ3) is 2.38.